The predicted molar refractivity (Wildman–Crippen MR) is 74.7 cm³/mol. The zero-order valence-electron chi connectivity index (χ0n) is 9.66. The number of hydrogen-bond acceptors (Lipinski definition) is 3. The number of rotatable bonds is 4. The highest BCUT2D eigenvalue weighted by atomic mass is 79.9. The Morgan fingerprint density at radius 2 is 2.39 bits per heavy atom. The molecule has 6 heteroatoms. The zero-order chi connectivity index (χ0) is 13.1. The first-order chi connectivity index (χ1) is 8.58. The molecular formula is C12H14BrClN2O2. The number of hydrogen-bond donors (Lipinski definition) is 2. The summed E-state index contributed by atoms with van der Waals surface area (Å²) in [6, 6.07) is 4.85. The molecule has 1 heterocycles. The fourth-order valence-electron chi connectivity index (χ4n) is 1.98. The molecule has 0 aliphatic carbocycles. The number of carbonyl (C=O) groups excluding carboxylic acids is 1. The van der Waals surface area contributed by atoms with Crippen LogP contribution in [0, 0.1) is 0 Å². The lowest BCUT2D eigenvalue weighted by atomic mass is 10.1. The van der Waals surface area contributed by atoms with Gasteiger partial charge in [-0.05, 0) is 47.0 Å². The van der Waals surface area contributed by atoms with E-state index < -0.39 is 11.9 Å². The Kier molecular flexibility index (Phi) is 4.48. The third-order valence-electron chi connectivity index (χ3n) is 2.88. The number of anilines is 1. The molecule has 1 aromatic carbocycles. The van der Waals surface area contributed by atoms with Gasteiger partial charge in [0, 0.05) is 16.8 Å². The summed E-state index contributed by atoms with van der Waals surface area (Å²) in [5.74, 6) is -0.409. The van der Waals surface area contributed by atoms with Gasteiger partial charge in [-0.3, -0.25) is 4.79 Å². The van der Waals surface area contributed by atoms with Gasteiger partial charge >= 0.3 is 0 Å². The number of primary amides is 1. The number of carbonyl (C=O) groups is 1. The number of halogens is 2. The third kappa shape index (κ3) is 3.16. The van der Waals surface area contributed by atoms with Crippen molar-refractivity contribution in [2.75, 3.05) is 11.9 Å². The van der Waals surface area contributed by atoms with Gasteiger partial charge in [-0.15, -0.1) is 0 Å². The Labute approximate surface area is 119 Å². The fraction of sp³-hybridized carbons (Fsp3) is 0.417. The minimum absolute atomic E-state index is 0.156. The van der Waals surface area contributed by atoms with Crippen molar-refractivity contribution in [1.29, 1.82) is 0 Å². The van der Waals surface area contributed by atoms with Gasteiger partial charge in [-0.1, -0.05) is 11.6 Å². The molecule has 2 rings (SSSR count). The van der Waals surface area contributed by atoms with Crippen molar-refractivity contribution in [3.05, 3.63) is 27.7 Å². The van der Waals surface area contributed by atoms with Gasteiger partial charge in [0.05, 0.1) is 11.1 Å². The van der Waals surface area contributed by atoms with Gasteiger partial charge in [-0.2, -0.15) is 0 Å². The van der Waals surface area contributed by atoms with Crippen LogP contribution < -0.4 is 11.1 Å². The molecule has 1 fully saturated rings. The maximum atomic E-state index is 11.5. The van der Waals surface area contributed by atoms with Crippen LogP contribution in [0.25, 0.3) is 0 Å². The highest BCUT2D eigenvalue weighted by Crippen LogP contribution is 2.27. The second-order valence-corrected chi connectivity index (χ2v) is 5.47. The first kappa shape index (κ1) is 13.6. The topological polar surface area (TPSA) is 64.4 Å². The Bertz CT molecular complexity index is 450. The molecule has 3 N–H and O–H groups in total. The van der Waals surface area contributed by atoms with Crippen molar-refractivity contribution in [2.45, 2.75) is 25.0 Å². The van der Waals surface area contributed by atoms with Crippen LogP contribution in [0.2, 0.25) is 5.02 Å². The van der Waals surface area contributed by atoms with Gasteiger partial charge < -0.3 is 15.8 Å². The highest BCUT2D eigenvalue weighted by molar-refractivity contribution is 9.10. The van der Waals surface area contributed by atoms with E-state index in [0.717, 1.165) is 23.0 Å². The van der Waals surface area contributed by atoms with Crippen molar-refractivity contribution in [1.82, 2.24) is 0 Å². The van der Waals surface area contributed by atoms with Crippen molar-refractivity contribution in [3.63, 3.8) is 0 Å². The summed E-state index contributed by atoms with van der Waals surface area (Å²) in [5, 5.41) is 3.72. The lowest BCUT2D eigenvalue weighted by Gasteiger charge is -2.22. The summed E-state index contributed by atoms with van der Waals surface area (Å²) >= 11 is 9.25. The first-order valence-electron chi connectivity index (χ1n) is 5.70. The predicted octanol–water partition coefficient (Wildman–Crippen LogP) is 2.55. The Morgan fingerprint density at radius 3 is 2.94 bits per heavy atom. The van der Waals surface area contributed by atoms with Crippen LogP contribution in [0.15, 0.2) is 22.7 Å². The SMILES string of the molecule is NC(=O)C(Nc1ccc(Cl)c(Br)c1)C1CCCO1. The second kappa shape index (κ2) is 5.91. The normalized spacial score (nSPS) is 20.7. The van der Waals surface area contributed by atoms with E-state index in [1.54, 1.807) is 12.1 Å². The highest BCUT2D eigenvalue weighted by Gasteiger charge is 2.30. The molecule has 2 atom stereocenters. The maximum absolute atomic E-state index is 11.5. The van der Waals surface area contributed by atoms with Gasteiger partial charge in [0.15, 0.2) is 0 Å². The van der Waals surface area contributed by atoms with Gasteiger partial charge in [0.1, 0.15) is 6.04 Å². The lowest BCUT2D eigenvalue weighted by molar-refractivity contribution is -0.121. The lowest BCUT2D eigenvalue weighted by Crippen LogP contribution is -2.44. The van der Waals surface area contributed by atoms with Gasteiger partial charge in [0.25, 0.3) is 0 Å². The van der Waals surface area contributed by atoms with Crippen molar-refractivity contribution in [2.24, 2.45) is 5.73 Å². The van der Waals surface area contributed by atoms with Crippen LogP contribution >= 0.6 is 27.5 Å². The van der Waals surface area contributed by atoms with E-state index in [2.05, 4.69) is 21.2 Å². The summed E-state index contributed by atoms with van der Waals surface area (Å²) in [6.07, 6.45) is 1.65. The zero-order valence-corrected chi connectivity index (χ0v) is 12.0. The molecule has 0 spiro atoms. The van der Waals surface area contributed by atoms with Crippen LogP contribution in [0.1, 0.15) is 12.8 Å². The molecule has 18 heavy (non-hydrogen) atoms. The average Bonchev–Trinajstić information content (AvgIpc) is 2.83. The van der Waals surface area contributed by atoms with Gasteiger partial charge in [0.2, 0.25) is 5.91 Å². The fourth-order valence-corrected chi connectivity index (χ4v) is 2.47. The molecule has 0 aromatic heterocycles. The quantitative estimate of drug-likeness (QED) is 0.890. The Hall–Kier alpha value is -0.780. The van der Waals surface area contributed by atoms with Crippen LogP contribution in [-0.4, -0.2) is 24.7 Å². The molecule has 1 amide bonds. The van der Waals surface area contributed by atoms with E-state index in [1.807, 2.05) is 6.07 Å². The minimum atomic E-state index is -0.513. The molecular weight excluding hydrogens is 320 g/mol. The van der Waals surface area contributed by atoms with Crippen molar-refractivity contribution >= 4 is 39.1 Å². The number of ether oxygens (including phenoxy) is 1. The Morgan fingerprint density at radius 1 is 1.61 bits per heavy atom. The average molecular weight is 334 g/mol. The molecule has 4 nitrogen and oxygen atoms in total. The van der Waals surface area contributed by atoms with E-state index in [4.69, 9.17) is 22.1 Å². The number of nitrogens with one attached hydrogen (secondary N) is 1. The van der Waals surface area contributed by atoms with Crippen molar-refractivity contribution < 1.29 is 9.53 Å². The summed E-state index contributed by atoms with van der Waals surface area (Å²) < 4.78 is 6.27. The summed E-state index contributed by atoms with van der Waals surface area (Å²) in [6.45, 7) is 0.681. The molecule has 1 saturated heterocycles. The van der Waals surface area contributed by atoms with Crippen LogP contribution in [0.5, 0.6) is 0 Å². The summed E-state index contributed by atoms with van der Waals surface area (Å²) in [7, 11) is 0. The van der Waals surface area contributed by atoms with Crippen LogP contribution in [-0.2, 0) is 9.53 Å². The second-order valence-electron chi connectivity index (χ2n) is 4.20. The number of amides is 1. The molecule has 1 aliphatic heterocycles. The molecule has 0 radical (unpaired) electrons. The standard InChI is InChI=1S/C12H14BrClN2O2/c13-8-6-7(3-4-9(8)14)16-11(12(15)17)10-2-1-5-18-10/h3-4,6,10-11,16H,1-2,5H2,(H2,15,17). The third-order valence-corrected chi connectivity index (χ3v) is 4.10. The molecule has 0 saturated carbocycles. The van der Waals surface area contributed by atoms with Crippen LogP contribution in [0.3, 0.4) is 0 Å². The number of nitrogens with two attached hydrogens (primary N) is 1. The number of benzene rings is 1. The van der Waals surface area contributed by atoms with E-state index in [9.17, 15) is 4.79 Å². The molecule has 1 aliphatic rings. The first-order valence-corrected chi connectivity index (χ1v) is 6.87. The maximum Gasteiger partial charge on any atom is 0.242 e. The van der Waals surface area contributed by atoms with Crippen LogP contribution in [0.4, 0.5) is 5.69 Å². The van der Waals surface area contributed by atoms with E-state index >= 15 is 0 Å². The summed E-state index contributed by atoms with van der Waals surface area (Å²) in [5.41, 5.74) is 6.20. The largest absolute Gasteiger partial charge is 0.376 e. The van der Waals surface area contributed by atoms with E-state index in [1.165, 1.54) is 0 Å². The smallest absolute Gasteiger partial charge is 0.242 e. The minimum Gasteiger partial charge on any atom is -0.376 e. The summed E-state index contributed by atoms with van der Waals surface area (Å²) in [4.78, 5) is 11.5. The van der Waals surface area contributed by atoms with E-state index in [-0.39, 0.29) is 6.10 Å². The molecule has 1 aromatic rings. The molecule has 98 valence electrons. The monoisotopic (exact) mass is 332 g/mol. The van der Waals surface area contributed by atoms with Gasteiger partial charge in [-0.25, -0.2) is 0 Å². The van der Waals surface area contributed by atoms with Crippen molar-refractivity contribution in [3.8, 4) is 0 Å². The molecule has 2 unspecified atom stereocenters. The van der Waals surface area contributed by atoms with E-state index in [0.29, 0.717) is 11.6 Å². The molecule has 0 bridgehead atoms. The Balaban J connectivity index is 2.12.